The Morgan fingerprint density at radius 1 is 1.20 bits per heavy atom. The summed E-state index contributed by atoms with van der Waals surface area (Å²) in [6.45, 7) is 3.65. The first-order valence-corrected chi connectivity index (χ1v) is 5.96. The minimum atomic E-state index is 0.527. The third-order valence-corrected chi connectivity index (χ3v) is 4.05. The second kappa shape index (κ2) is 2.82. The number of hydrogen-bond donors (Lipinski definition) is 0. The molecule has 0 radical (unpaired) electrons. The van der Waals surface area contributed by atoms with E-state index in [9.17, 15) is 0 Å². The Bertz CT molecular complexity index is 385. The summed E-state index contributed by atoms with van der Waals surface area (Å²) in [7, 11) is 0. The fourth-order valence-corrected chi connectivity index (χ4v) is 2.97. The van der Waals surface area contributed by atoms with Gasteiger partial charge in [-0.2, -0.15) is 4.98 Å². The third kappa shape index (κ3) is 1.24. The van der Waals surface area contributed by atoms with Crippen molar-refractivity contribution in [2.24, 2.45) is 5.92 Å². The molecule has 4 nitrogen and oxygen atoms in total. The molecule has 3 aliphatic rings. The molecule has 1 aromatic rings. The van der Waals surface area contributed by atoms with Gasteiger partial charge in [-0.25, -0.2) is 0 Å². The molecule has 3 fully saturated rings. The summed E-state index contributed by atoms with van der Waals surface area (Å²) in [4.78, 5) is 7.08. The molecule has 0 spiro atoms. The molecule has 15 heavy (non-hydrogen) atoms. The van der Waals surface area contributed by atoms with Crippen LogP contribution in [0.3, 0.4) is 0 Å². The van der Waals surface area contributed by atoms with Crippen molar-refractivity contribution >= 4 is 0 Å². The van der Waals surface area contributed by atoms with E-state index >= 15 is 0 Å². The van der Waals surface area contributed by atoms with E-state index in [1.165, 1.54) is 32.4 Å². The van der Waals surface area contributed by atoms with Gasteiger partial charge in [-0.05, 0) is 31.7 Å². The minimum absolute atomic E-state index is 0.527. The lowest BCUT2D eigenvalue weighted by atomic mass is 9.93. The van der Waals surface area contributed by atoms with Gasteiger partial charge in [-0.1, -0.05) is 5.16 Å². The van der Waals surface area contributed by atoms with Crippen LogP contribution in [0.1, 0.15) is 42.8 Å². The number of nitrogens with zero attached hydrogens (tertiary/aromatic N) is 3. The summed E-state index contributed by atoms with van der Waals surface area (Å²) in [6.07, 6.45) is 3.81. The molecule has 1 aliphatic carbocycles. The van der Waals surface area contributed by atoms with Crippen LogP contribution in [-0.2, 0) is 0 Å². The Hall–Kier alpha value is -0.900. The summed E-state index contributed by atoms with van der Waals surface area (Å²) >= 11 is 0. The van der Waals surface area contributed by atoms with Crippen LogP contribution < -0.4 is 0 Å². The van der Waals surface area contributed by atoms with Crippen molar-refractivity contribution in [2.75, 3.05) is 19.6 Å². The topological polar surface area (TPSA) is 42.2 Å². The minimum Gasteiger partial charge on any atom is -0.339 e. The van der Waals surface area contributed by atoms with Gasteiger partial charge in [0.15, 0.2) is 5.82 Å². The maximum absolute atomic E-state index is 5.41. The summed E-state index contributed by atoms with van der Waals surface area (Å²) in [5.74, 6) is 3.78. The van der Waals surface area contributed by atoms with Crippen molar-refractivity contribution in [1.29, 1.82) is 0 Å². The second-order valence-electron chi connectivity index (χ2n) is 5.18. The Labute approximate surface area is 88.6 Å². The standard InChI is InChI=1S/C11H15N3O/c1-2-7(1)10-12-11(15-13-10)9-6-14-4-3-8(9)5-14/h7-9H,1-6H2/t8-,9+/m0/s1. The number of aromatic nitrogens is 2. The highest BCUT2D eigenvalue weighted by Crippen LogP contribution is 2.42. The zero-order valence-electron chi connectivity index (χ0n) is 8.72. The molecule has 2 aliphatic heterocycles. The van der Waals surface area contributed by atoms with Gasteiger partial charge in [0.2, 0.25) is 5.89 Å². The first-order valence-electron chi connectivity index (χ1n) is 5.96. The van der Waals surface area contributed by atoms with Gasteiger partial charge in [-0.15, -0.1) is 0 Å². The molecule has 3 atom stereocenters. The Morgan fingerprint density at radius 3 is 2.80 bits per heavy atom. The van der Waals surface area contributed by atoms with Gasteiger partial charge in [-0.3, -0.25) is 0 Å². The average molecular weight is 205 g/mol. The molecule has 1 unspecified atom stereocenters. The molecule has 4 heteroatoms. The fraction of sp³-hybridized carbons (Fsp3) is 0.818. The SMILES string of the molecule is C1CC1c1noc([C@@H]2CN3CC[C@H]2C3)n1. The molecule has 0 N–H and O–H groups in total. The normalized spacial score (nSPS) is 38.8. The van der Waals surface area contributed by atoms with Gasteiger partial charge in [0.05, 0.1) is 5.92 Å². The van der Waals surface area contributed by atoms with Gasteiger partial charge < -0.3 is 9.42 Å². The van der Waals surface area contributed by atoms with Crippen LogP contribution in [0, 0.1) is 5.92 Å². The molecule has 1 aromatic heterocycles. The van der Waals surface area contributed by atoms with Crippen molar-refractivity contribution in [1.82, 2.24) is 15.0 Å². The summed E-state index contributed by atoms with van der Waals surface area (Å²) < 4.78 is 5.41. The highest BCUT2D eigenvalue weighted by Gasteiger charge is 2.42. The monoisotopic (exact) mass is 205 g/mol. The summed E-state index contributed by atoms with van der Waals surface area (Å²) in [6, 6.07) is 0. The van der Waals surface area contributed by atoms with Crippen molar-refractivity contribution in [3.05, 3.63) is 11.7 Å². The summed E-state index contributed by atoms with van der Waals surface area (Å²) in [5, 5.41) is 4.10. The Balaban J connectivity index is 1.60. The van der Waals surface area contributed by atoms with E-state index in [4.69, 9.17) is 4.52 Å². The maximum atomic E-state index is 5.41. The van der Waals surface area contributed by atoms with E-state index in [0.29, 0.717) is 11.8 Å². The summed E-state index contributed by atoms with van der Waals surface area (Å²) in [5.41, 5.74) is 0. The van der Waals surface area contributed by atoms with E-state index in [2.05, 4.69) is 15.0 Å². The second-order valence-corrected chi connectivity index (χ2v) is 5.18. The van der Waals surface area contributed by atoms with Crippen molar-refractivity contribution in [3.8, 4) is 0 Å². The van der Waals surface area contributed by atoms with E-state index in [-0.39, 0.29) is 0 Å². The van der Waals surface area contributed by atoms with Crippen LogP contribution >= 0.6 is 0 Å². The molecule has 2 saturated heterocycles. The van der Waals surface area contributed by atoms with Gasteiger partial charge in [0, 0.05) is 19.0 Å². The number of hydrogen-bond acceptors (Lipinski definition) is 4. The van der Waals surface area contributed by atoms with Crippen LogP contribution in [0.5, 0.6) is 0 Å². The average Bonchev–Trinajstić information content (AvgIpc) is 2.74. The molecule has 0 amide bonds. The Kier molecular flexibility index (Phi) is 1.55. The molecule has 0 aromatic carbocycles. The number of fused-ring (bicyclic) bond motifs is 2. The predicted molar refractivity (Wildman–Crippen MR) is 53.6 cm³/mol. The molecule has 1 saturated carbocycles. The Morgan fingerprint density at radius 2 is 2.13 bits per heavy atom. The van der Waals surface area contributed by atoms with E-state index in [1.54, 1.807) is 0 Å². The zero-order valence-corrected chi connectivity index (χ0v) is 8.72. The van der Waals surface area contributed by atoms with Gasteiger partial charge >= 0.3 is 0 Å². The number of rotatable bonds is 2. The van der Waals surface area contributed by atoms with Crippen LogP contribution in [0.2, 0.25) is 0 Å². The lowest BCUT2D eigenvalue weighted by Gasteiger charge is -2.17. The zero-order chi connectivity index (χ0) is 9.83. The quantitative estimate of drug-likeness (QED) is 0.731. The number of piperidine rings is 1. The highest BCUT2D eigenvalue weighted by atomic mass is 16.5. The fourth-order valence-electron chi connectivity index (χ4n) is 2.97. The van der Waals surface area contributed by atoms with Crippen LogP contribution in [-0.4, -0.2) is 34.7 Å². The van der Waals surface area contributed by atoms with Gasteiger partial charge in [0.25, 0.3) is 0 Å². The first kappa shape index (κ1) is 8.28. The van der Waals surface area contributed by atoms with Crippen LogP contribution in [0.4, 0.5) is 0 Å². The van der Waals surface area contributed by atoms with E-state index < -0.39 is 0 Å². The predicted octanol–water partition coefficient (Wildman–Crippen LogP) is 1.37. The lowest BCUT2D eigenvalue weighted by Crippen LogP contribution is -2.22. The molecule has 80 valence electrons. The van der Waals surface area contributed by atoms with Crippen LogP contribution in [0.25, 0.3) is 0 Å². The van der Waals surface area contributed by atoms with Gasteiger partial charge in [0.1, 0.15) is 0 Å². The highest BCUT2D eigenvalue weighted by molar-refractivity contribution is 5.09. The van der Waals surface area contributed by atoms with Crippen LogP contribution in [0.15, 0.2) is 4.52 Å². The van der Waals surface area contributed by atoms with Crippen molar-refractivity contribution < 1.29 is 4.52 Å². The van der Waals surface area contributed by atoms with Crippen molar-refractivity contribution in [3.63, 3.8) is 0 Å². The van der Waals surface area contributed by atoms with E-state index in [0.717, 1.165) is 24.2 Å². The van der Waals surface area contributed by atoms with E-state index in [1.807, 2.05) is 0 Å². The lowest BCUT2D eigenvalue weighted by molar-refractivity contribution is 0.288. The third-order valence-electron chi connectivity index (χ3n) is 4.05. The largest absolute Gasteiger partial charge is 0.339 e. The molecular formula is C11H15N3O. The molecule has 4 rings (SSSR count). The molecular weight excluding hydrogens is 190 g/mol. The first-order chi connectivity index (χ1) is 7.40. The van der Waals surface area contributed by atoms with Crippen molar-refractivity contribution in [2.45, 2.75) is 31.1 Å². The maximum Gasteiger partial charge on any atom is 0.231 e. The smallest absolute Gasteiger partial charge is 0.231 e. The molecule has 2 bridgehead atoms. The molecule has 3 heterocycles.